The Morgan fingerprint density at radius 1 is 1.30 bits per heavy atom. The molecule has 1 unspecified atom stereocenters. The first-order valence-electron chi connectivity index (χ1n) is 6.62. The van der Waals surface area contributed by atoms with Crippen LogP contribution in [0.2, 0.25) is 0 Å². The Kier molecular flexibility index (Phi) is 3.32. The molecule has 1 aromatic heterocycles. The van der Waals surface area contributed by atoms with Gasteiger partial charge in [-0.15, -0.1) is 0 Å². The van der Waals surface area contributed by atoms with Crippen molar-refractivity contribution in [3.8, 4) is 11.3 Å². The van der Waals surface area contributed by atoms with Gasteiger partial charge in [0.1, 0.15) is 10.7 Å². The molecule has 20 heavy (non-hydrogen) atoms. The number of nitrogens with two attached hydrogens (primary N) is 1. The summed E-state index contributed by atoms with van der Waals surface area (Å²) in [5.74, 6) is 0. The number of rotatable bonds is 2. The van der Waals surface area contributed by atoms with E-state index in [0.29, 0.717) is 11.2 Å². The first kappa shape index (κ1) is 12.9. The lowest BCUT2D eigenvalue weighted by atomic mass is 10.1. The van der Waals surface area contributed by atoms with Crippen molar-refractivity contribution >= 4 is 21.5 Å². The molecule has 2 heterocycles. The summed E-state index contributed by atoms with van der Waals surface area (Å²) >= 11 is 1.53. The molecule has 0 fully saturated rings. The molecule has 1 atom stereocenters. The zero-order valence-corrected chi connectivity index (χ0v) is 12.4. The molecule has 1 aliphatic rings. The minimum Gasteiger partial charge on any atom is -0.375 e. The Bertz CT molecular complexity index is 685. The number of anilines is 2. The lowest BCUT2D eigenvalue weighted by molar-refractivity contribution is 0.855. The molecule has 3 rings (SSSR count). The highest BCUT2D eigenvalue weighted by Gasteiger charge is 2.20. The van der Waals surface area contributed by atoms with Crippen molar-refractivity contribution in [3.05, 3.63) is 54.3 Å². The second-order valence-electron chi connectivity index (χ2n) is 4.95. The summed E-state index contributed by atoms with van der Waals surface area (Å²) in [6.45, 7) is 4.25. The Hall–Kier alpha value is -2.07. The fraction of sp³-hybridized carbons (Fsp3) is 0.188. The van der Waals surface area contributed by atoms with Crippen LogP contribution in [0.1, 0.15) is 12.5 Å². The molecule has 1 aromatic carbocycles. The Balaban J connectivity index is 2.09. The number of hydrogen-bond acceptors (Lipinski definition) is 4. The van der Waals surface area contributed by atoms with Crippen LogP contribution in [0.5, 0.6) is 0 Å². The van der Waals surface area contributed by atoms with Crippen LogP contribution < -0.4 is 10.6 Å². The molecular weight excluding hydrogens is 266 g/mol. The van der Waals surface area contributed by atoms with E-state index in [9.17, 15) is 0 Å². The Morgan fingerprint density at radius 2 is 2.15 bits per heavy atom. The summed E-state index contributed by atoms with van der Waals surface area (Å²) in [6.07, 6.45) is 8.35. The van der Waals surface area contributed by atoms with Gasteiger partial charge in [0, 0.05) is 17.8 Å². The second kappa shape index (κ2) is 5.13. The predicted octanol–water partition coefficient (Wildman–Crippen LogP) is 3.98. The summed E-state index contributed by atoms with van der Waals surface area (Å²) in [7, 11) is 0. The van der Waals surface area contributed by atoms with Crippen LogP contribution >= 0.6 is 11.3 Å². The number of aromatic nitrogens is 1. The standard InChI is InChI=1S/C16H17N3S/c1-11-6-5-8-13(10-11)14-15(20-16(17)18-14)19-9-4-3-7-12(19)2/h3-10,12H,1-2H3,(H2,17,18). The van der Waals surface area contributed by atoms with Gasteiger partial charge in [0.05, 0.1) is 0 Å². The van der Waals surface area contributed by atoms with Gasteiger partial charge in [0.2, 0.25) is 0 Å². The van der Waals surface area contributed by atoms with Gasteiger partial charge in [-0.25, -0.2) is 4.98 Å². The first-order chi connectivity index (χ1) is 9.65. The lowest BCUT2D eigenvalue weighted by Gasteiger charge is -2.26. The van der Waals surface area contributed by atoms with E-state index in [1.54, 1.807) is 0 Å². The van der Waals surface area contributed by atoms with Crippen molar-refractivity contribution in [1.29, 1.82) is 0 Å². The normalized spacial score (nSPS) is 17.7. The fourth-order valence-electron chi connectivity index (χ4n) is 2.33. The van der Waals surface area contributed by atoms with Crippen molar-refractivity contribution in [2.45, 2.75) is 19.9 Å². The quantitative estimate of drug-likeness (QED) is 0.906. The monoisotopic (exact) mass is 283 g/mol. The molecule has 0 aliphatic carbocycles. The number of allylic oxidation sites excluding steroid dienone is 2. The van der Waals surface area contributed by atoms with Gasteiger partial charge in [0.15, 0.2) is 5.13 Å². The smallest absolute Gasteiger partial charge is 0.182 e. The largest absolute Gasteiger partial charge is 0.375 e. The van der Waals surface area contributed by atoms with E-state index in [1.165, 1.54) is 16.9 Å². The van der Waals surface area contributed by atoms with Gasteiger partial charge in [-0.05, 0) is 26.0 Å². The van der Waals surface area contributed by atoms with E-state index >= 15 is 0 Å². The van der Waals surface area contributed by atoms with Crippen LogP contribution in [0.25, 0.3) is 11.3 Å². The molecule has 0 saturated heterocycles. The number of hydrogen-bond donors (Lipinski definition) is 1. The van der Waals surface area contributed by atoms with Crippen molar-refractivity contribution < 1.29 is 0 Å². The van der Waals surface area contributed by atoms with Gasteiger partial charge in [-0.1, -0.05) is 47.3 Å². The van der Waals surface area contributed by atoms with E-state index < -0.39 is 0 Å². The van der Waals surface area contributed by atoms with Crippen LogP contribution in [0, 0.1) is 6.92 Å². The topological polar surface area (TPSA) is 42.1 Å². The minimum atomic E-state index is 0.309. The Morgan fingerprint density at radius 3 is 2.90 bits per heavy atom. The van der Waals surface area contributed by atoms with E-state index in [-0.39, 0.29) is 0 Å². The van der Waals surface area contributed by atoms with E-state index in [1.807, 2.05) is 6.08 Å². The third-order valence-electron chi connectivity index (χ3n) is 3.34. The average molecular weight is 283 g/mol. The Labute approximate surface area is 123 Å². The molecule has 4 heteroatoms. The van der Waals surface area contributed by atoms with Crippen molar-refractivity contribution in [2.24, 2.45) is 0 Å². The summed E-state index contributed by atoms with van der Waals surface area (Å²) in [5, 5.41) is 1.70. The third kappa shape index (κ3) is 2.34. The maximum atomic E-state index is 5.95. The first-order valence-corrected chi connectivity index (χ1v) is 7.43. The molecule has 2 aromatic rings. The fourth-order valence-corrected chi connectivity index (χ4v) is 3.26. The van der Waals surface area contributed by atoms with Gasteiger partial charge >= 0.3 is 0 Å². The van der Waals surface area contributed by atoms with Crippen LogP contribution in [0.15, 0.2) is 48.7 Å². The highest BCUT2D eigenvalue weighted by atomic mass is 32.1. The van der Waals surface area contributed by atoms with Crippen molar-refractivity contribution in [2.75, 3.05) is 10.6 Å². The third-order valence-corrected chi connectivity index (χ3v) is 4.24. The van der Waals surface area contributed by atoms with Crippen LogP contribution in [-0.4, -0.2) is 11.0 Å². The average Bonchev–Trinajstić information content (AvgIpc) is 2.81. The highest BCUT2D eigenvalue weighted by molar-refractivity contribution is 7.19. The van der Waals surface area contributed by atoms with Crippen LogP contribution in [0.3, 0.4) is 0 Å². The van der Waals surface area contributed by atoms with Gasteiger partial charge in [-0.3, -0.25) is 0 Å². The SMILES string of the molecule is Cc1cccc(-c2nc(N)sc2N2C=CC=CC2C)c1. The van der Waals surface area contributed by atoms with E-state index in [0.717, 1.165) is 16.3 Å². The number of aryl methyl sites for hydroxylation is 1. The molecule has 102 valence electrons. The molecule has 0 saturated carbocycles. The molecule has 0 amide bonds. The maximum absolute atomic E-state index is 5.95. The summed E-state index contributed by atoms with van der Waals surface area (Å²) < 4.78 is 0. The zero-order valence-electron chi connectivity index (χ0n) is 11.6. The van der Waals surface area contributed by atoms with Gasteiger partial charge in [-0.2, -0.15) is 0 Å². The minimum absolute atomic E-state index is 0.309. The summed E-state index contributed by atoms with van der Waals surface area (Å²) in [5.41, 5.74) is 9.24. The lowest BCUT2D eigenvalue weighted by Crippen LogP contribution is -2.26. The summed E-state index contributed by atoms with van der Waals surface area (Å²) in [6, 6.07) is 8.68. The van der Waals surface area contributed by atoms with Crippen molar-refractivity contribution in [1.82, 2.24) is 4.98 Å². The molecule has 0 bridgehead atoms. The summed E-state index contributed by atoms with van der Waals surface area (Å²) in [4.78, 5) is 6.74. The molecule has 3 nitrogen and oxygen atoms in total. The number of nitrogen functional groups attached to an aromatic ring is 1. The molecule has 2 N–H and O–H groups in total. The van der Waals surface area contributed by atoms with Crippen LogP contribution in [-0.2, 0) is 0 Å². The van der Waals surface area contributed by atoms with Gasteiger partial charge in [0.25, 0.3) is 0 Å². The number of benzene rings is 1. The van der Waals surface area contributed by atoms with E-state index in [4.69, 9.17) is 5.73 Å². The predicted molar refractivity (Wildman–Crippen MR) is 86.9 cm³/mol. The zero-order chi connectivity index (χ0) is 14.1. The number of thiazole rings is 1. The van der Waals surface area contributed by atoms with E-state index in [2.05, 4.69) is 66.3 Å². The van der Waals surface area contributed by atoms with Crippen LogP contribution in [0.4, 0.5) is 10.1 Å². The number of nitrogens with zero attached hydrogens (tertiary/aromatic N) is 2. The molecule has 0 radical (unpaired) electrons. The highest BCUT2D eigenvalue weighted by Crippen LogP contribution is 2.39. The molecule has 0 spiro atoms. The maximum Gasteiger partial charge on any atom is 0.182 e. The van der Waals surface area contributed by atoms with Gasteiger partial charge < -0.3 is 10.6 Å². The molecular formula is C16H17N3S. The van der Waals surface area contributed by atoms with Crippen molar-refractivity contribution in [3.63, 3.8) is 0 Å². The second-order valence-corrected chi connectivity index (χ2v) is 5.96. The molecule has 1 aliphatic heterocycles.